The molecule has 0 aromatic carbocycles. The first-order valence-electron chi connectivity index (χ1n) is 6.73. The van der Waals surface area contributed by atoms with Crippen molar-refractivity contribution in [2.45, 2.75) is 38.5 Å². The van der Waals surface area contributed by atoms with Gasteiger partial charge in [-0.15, -0.1) is 0 Å². The first-order chi connectivity index (χ1) is 10.3. The van der Waals surface area contributed by atoms with Gasteiger partial charge in [-0.2, -0.15) is 0 Å². The number of carbonyl (C=O) groups excluding carboxylic acids is 1. The molecule has 7 nitrogen and oxygen atoms in total. The van der Waals surface area contributed by atoms with E-state index in [4.69, 9.17) is 21.8 Å². The Labute approximate surface area is 132 Å². The summed E-state index contributed by atoms with van der Waals surface area (Å²) in [6.45, 7) is 2.60. The van der Waals surface area contributed by atoms with Crippen LogP contribution < -0.4 is 0 Å². The predicted octanol–water partition coefficient (Wildman–Crippen LogP) is 1.65. The van der Waals surface area contributed by atoms with Crippen LogP contribution in [-0.4, -0.2) is 41.8 Å². The summed E-state index contributed by atoms with van der Waals surface area (Å²) in [7, 11) is 0. The highest BCUT2D eigenvalue weighted by Crippen LogP contribution is 2.30. The minimum atomic E-state index is -1.50. The molecular weight excluding hydrogens is 308 g/mol. The minimum absolute atomic E-state index is 0.131. The molecule has 3 rings (SSSR count). The van der Waals surface area contributed by atoms with Gasteiger partial charge in [0.2, 0.25) is 0 Å². The van der Waals surface area contributed by atoms with Crippen LogP contribution in [0.25, 0.3) is 11.2 Å². The molecule has 0 aliphatic heterocycles. The average molecular weight is 325 g/mol. The van der Waals surface area contributed by atoms with Crippen molar-refractivity contribution in [1.82, 2.24) is 19.5 Å². The predicted molar refractivity (Wildman–Crippen MR) is 81.3 cm³/mol. The molecule has 1 unspecified atom stereocenters. The average Bonchev–Trinajstić information content (AvgIpc) is 3.02. The zero-order chi connectivity index (χ0) is 16.3. The number of hydrogen-bond donors (Lipinski definition) is 2. The molecule has 1 atom stereocenters. The van der Waals surface area contributed by atoms with Crippen molar-refractivity contribution in [3.63, 3.8) is 0 Å². The van der Waals surface area contributed by atoms with Crippen molar-refractivity contribution in [3.05, 3.63) is 29.5 Å². The van der Waals surface area contributed by atoms with Crippen LogP contribution in [0.2, 0.25) is 5.15 Å². The number of rotatable bonds is 2. The van der Waals surface area contributed by atoms with Crippen molar-refractivity contribution in [3.8, 4) is 0 Å². The van der Waals surface area contributed by atoms with Gasteiger partial charge in [0.05, 0.1) is 12.4 Å². The Morgan fingerprint density at radius 1 is 1.36 bits per heavy atom. The van der Waals surface area contributed by atoms with Gasteiger partial charge in [0, 0.05) is 0 Å². The van der Waals surface area contributed by atoms with Crippen LogP contribution in [-0.2, 0) is 4.79 Å². The lowest BCUT2D eigenvalue weighted by Gasteiger charge is -2.09. The standard InChI is InChI=1S/C11H9ClN4O.C3H8O2/c12-10-9-11(14-5-13-10)16(6-15-9)8-2-1-7(3-8)4-17;1-3(2,4)5/h3-6,8H,1-2H2;4-5H,1-2H3. The molecule has 2 N–H and O–H groups in total. The lowest BCUT2D eigenvalue weighted by atomic mass is 10.2. The number of halogens is 1. The third-order valence-corrected chi connectivity index (χ3v) is 3.23. The van der Waals surface area contributed by atoms with Crippen LogP contribution in [0.3, 0.4) is 0 Å². The second-order valence-electron chi connectivity index (χ2n) is 5.45. The van der Waals surface area contributed by atoms with Crippen molar-refractivity contribution >= 4 is 29.1 Å². The fourth-order valence-electron chi connectivity index (χ4n) is 2.11. The molecule has 0 radical (unpaired) electrons. The van der Waals surface area contributed by atoms with Crippen LogP contribution in [0.5, 0.6) is 0 Å². The summed E-state index contributed by atoms with van der Waals surface area (Å²) in [6, 6.07) is 0.131. The highest BCUT2D eigenvalue weighted by molar-refractivity contribution is 6.33. The molecule has 0 bridgehead atoms. The molecule has 2 aromatic heterocycles. The fraction of sp³-hybridized carbons (Fsp3) is 0.429. The van der Waals surface area contributed by atoms with E-state index in [-0.39, 0.29) is 6.04 Å². The van der Waals surface area contributed by atoms with E-state index < -0.39 is 5.79 Å². The summed E-state index contributed by atoms with van der Waals surface area (Å²) < 4.78 is 1.93. The normalized spacial score (nSPS) is 17.9. The number of carbonyl (C=O) groups is 1. The van der Waals surface area contributed by atoms with Gasteiger partial charge in [0.25, 0.3) is 0 Å². The van der Waals surface area contributed by atoms with Crippen molar-refractivity contribution < 1.29 is 15.0 Å². The van der Waals surface area contributed by atoms with E-state index in [0.717, 1.165) is 24.7 Å². The van der Waals surface area contributed by atoms with Crippen molar-refractivity contribution in [2.24, 2.45) is 0 Å². The van der Waals surface area contributed by atoms with Crippen LogP contribution in [0.1, 0.15) is 32.7 Å². The summed E-state index contributed by atoms with van der Waals surface area (Å²) in [5.74, 6) is -1.50. The molecule has 0 fully saturated rings. The van der Waals surface area contributed by atoms with Gasteiger partial charge >= 0.3 is 0 Å². The Bertz CT molecular complexity index is 700. The Morgan fingerprint density at radius 3 is 2.64 bits per heavy atom. The van der Waals surface area contributed by atoms with E-state index in [9.17, 15) is 4.79 Å². The van der Waals surface area contributed by atoms with E-state index in [1.165, 1.54) is 20.2 Å². The molecule has 0 saturated carbocycles. The molecule has 8 heteroatoms. The first kappa shape index (κ1) is 16.5. The summed E-state index contributed by atoms with van der Waals surface area (Å²) in [5, 5.41) is 16.5. The highest BCUT2D eigenvalue weighted by atomic mass is 35.5. The highest BCUT2D eigenvalue weighted by Gasteiger charge is 2.20. The number of nitrogens with zero attached hydrogens (tertiary/aromatic N) is 4. The maximum absolute atomic E-state index is 10.7. The number of allylic oxidation sites excluding steroid dienone is 2. The van der Waals surface area contributed by atoms with Crippen molar-refractivity contribution in [2.75, 3.05) is 0 Å². The molecule has 0 spiro atoms. The topological polar surface area (TPSA) is 101 Å². The van der Waals surface area contributed by atoms with Gasteiger partial charge in [-0.1, -0.05) is 17.7 Å². The van der Waals surface area contributed by atoms with Crippen LogP contribution in [0.4, 0.5) is 0 Å². The molecule has 22 heavy (non-hydrogen) atoms. The molecule has 1 aliphatic rings. The Kier molecular flexibility index (Phi) is 4.90. The SMILES string of the molecule is CC(C)(O)O.O=CC1=CC(n2cnc3c(Cl)ncnc32)CC1. The zero-order valence-electron chi connectivity index (χ0n) is 12.3. The minimum Gasteiger partial charge on any atom is -0.366 e. The van der Waals surface area contributed by atoms with Gasteiger partial charge in [-0.05, 0) is 32.3 Å². The smallest absolute Gasteiger partial charge is 0.165 e. The Morgan fingerprint density at radius 2 is 2.05 bits per heavy atom. The third-order valence-electron chi connectivity index (χ3n) is 2.96. The van der Waals surface area contributed by atoms with E-state index in [1.54, 1.807) is 6.33 Å². The number of imidazole rings is 1. The maximum Gasteiger partial charge on any atom is 0.165 e. The number of aromatic nitrogens is 4. The molecule has 1 aliphatic carbocycles. The molecule has 118 valence electrons. The Hall–Kier alpha value is -1.83. The number of hydrogen-bond acceptors (Lipinski definition) is 6. The van der Waals surface area contributed by atoms with Gasteiger partial charge in [0.1, 0.15) is 18.1 Å². The van der Waals surface area contributed by atoms with E-state index in [1.807, 2.05) is 10.6 Å². The Balaban J connectivity index is 0.000000309. The summed E-state index contributed by atoms with van der Waals surface area (Å²) in [6.07, 6.45) is 7.65. The molecular formula is C14H17ClN4O3. The number of aldehydes is 1. The number of fused-ring (bicyclic) bond motifs is 1. The van der Waals surface area contributed by atoms with Crippen LogP contribution >= 0.6 is 11.6 Å². The largest absolute Gasteiger partial charge is 0.366 e. The quantitative estimate of drug-likeness (QED) is 0.495. The monoisotopic (exact) mass is 324 g/mol. The second-order valence-corrected chi connectivity index (χ2v) is 5.81. The van der Waals surface area contributed by atoms with E-state index >= 15 is 0 Å². The zero-order valence-corrected chi connectivity index (χ0v) is 13.0. The van der Waals surface area contributed by atoms with Gasteiger partial charge in [-0.25, -0.2) is 15.0 Å². The maximum atomic E-state index is 10.7. The first-order valence-corrected chi connectivity index (χ1v) is 7.11. The molecule has 2 heterocycles. The van der Waals surface area contributed by atoms with E-state index in [0.29, 0.717) is 16.3 Å². The van der Waals surface area contributed by atoms with Crippen LogP contribution in [0.15, 0.2) is 24.3 Å². The van der Waals surface area contributed by atoms with Gasteiger partial charge < -0.3 is 14.8 Å². The summed E-state index contributed by atoms with van der Waals surface area (Å²) in [4.78, 5) is 23.0. The third kappa shape index (κ3) is 4.09. The van der Waals surface area contributed by atoms with Crippen LogP contribution in [0, 0.1) is 0 Å². The van der Waals surface area contributed by atoms with Crippen molar-refractivity contribution in [1.29, 1.82) is 0 Å². The summed E-state index contributed by atoms with van der Waals surface area (Å²) >= 11 is 5.93. The fourth-order valence-corrected chi connectivity index (χ4v) is 2.29. The molecule has 2 aromatic rings. The summed E-state index contributed by atoms with van der Waals surface area (Å²) in [5.41, 5.74) is 2.14. The van der Waals surface area contributed by atoms with E-state index in [2.05, 4.69) is 15.0 Å². The number of aliphatic hydroxyl groups is 2. The van der Waals surface area contributed by atoms with Gasteiger partial charge in [0.15, 0.2) is 16.6 Å². The lowest BCUT2D eigenvalue weighted by molar-refractivity contribution is -0.127. The lowest BCUT2D eigenvalue weighted by Crippen LogP contribution is -2.15. The van der Waals surface area contributed by atoms with Gasteiger partial charge in [-0.3, -0.25) is 4.79 Å². The second kappa shape index (κ2) is 6.51. The molecule has 0 amide bonds. The molecule has 0 saturated heterocycles.